The number of rotatable bonds is 3. The van der Waals surface area contributed by atoms with E-state index in [1.54, 1.807) is 10.6 Å². The molecule has 6 aromatic rings. The average Bonchev–Trinajstić information content (AvgIpc) is 3.45. The number of H-pyrrole nitrogens is 1. The quantitative estimate of drug-likeness (QED) is 0.462. The summed E-state index contributed by atoms with van der Waals surface area (Å²) >= 11 is 0. The van der Waals surface area contributed by atoms with E-state index >= 15 is 0 Å². The highest BCUT2D eigenvalue weighted by Crippen LogP contribution is 2.29. The number of hydrogen-bond acceptors (Lipinski definition) is 4. The predicted octanol–water partition coefficient (Wildman–Crippen LogP) is 4.40. The molecule has 32 heavy (non-hydrogen) atoms. The maximum absolute atomic E-state index is 12.7. The Morgan fingerprint density at radius 2 is 1.53 bits per heavy atom. The molecule has 3 aromatic carbocycles. The zero-order valence-corrected chi connectivity index (χ0v) is 17.2. The fraction of sp³-hybridized carbons (Fsp3) is 0.0400. The molecule has 0 aliphatic rings. The van der Waals surface area contributed by atoms with Crippen molar-refractivity contribution >= 4 is 16.4 Å². The number of aromatic amines is 1. The third-order valence-electron chi connectivity index (χ3n) is 5.58. The topological polar surface area (TPSA) is 80.9 Å². The van der Waals surface area contributed by atoms with Crippen molar-refractivity contribution in [3.8, 4) is 28.5 Å². The van der Waals surface area contributed by atoms with E-state index in [-0.39, 0.29) is 5.56 Å². The van der Waals surface area contributed by atoms with Gasteiger partial charge in [-0.2, -0.15) is 5.10 Å². The smallest absolute Gasteiger partial charge is 0.267 e. The van der Waals surface area contributed by atoms with Crippen LogP contribution in [0.5, 0.6) is 0 Å². The second kappa shape index (κ2) is 7.02. The molecule has 7 nitrogen and oxygen atoms in total. The number of aromatic nitrogens is 6. The summed E-state index contributed by atoms with van der Waals surface area (Å²) in [4.78, 5) is 12.7. The predicted molar refractivity (Wildman–Crippen MR) is 124 cm³/mol. The van der Waals surface area contributed by atoms with Crippen molar-refractivity contribution in [3.05, 3.63) is 101 Å². The maximum atomic E-state index is 12.7. The molecular weight excluding hydrogens is 400 g/mol. The van der Waals surface area contributed by atoms with E-state index in [0.717, 1.165) is 28.0 Å². The van der Waals surface area contributed by atoms with E-state index in [1.807, 2.05) is 71.4 Å². The first kappa shape index (κ1) is 18.3. The molecule has 0 aliphatic heterocycles. The Hall–Kier alpha value is -4.52. The SMILES string of the molecule is Cc1ccc(-c2cc(-c3nnc4c5ccccc5c(=O)[nH]n34)n(-c3ccccc3)n2)cc1. The molecule has 0 unspecified atom stereocenters. The van der Waals surface area contributed by atoms with E-state index in [9.17, 15) is 4.79 Å². The number of aryl methyl sites for hydroxylation is 1. The van der Waals surface area contributed by atoms with Crippen LogP contribution in [-0.2, 0) is 0 Å². The minimum atomic E-state index is -0.196. The average molecular weight is 418 g/mol. The summed E-state index contributed by atoms with van der Waals surface area (Å²) in [7, 11) is 0. The van der Waals surface area contributed by atoms with Crippen LogP contribution >= 0.6 is 0 Å². The highest BCUT2D eigenvalue weighted by molar-refractivity contribution is 5.93. The van der Waals surface area contributed by atoms with E-state index < -0.39 is 0 Å². The maximum Gasteiger partial charge on any atom is 0.270 e. The lowest BCUT2D eigenvalue weighted by Crippen LogP contribution is -2.13. The first-order valence-electron chi connectivity index (χ1n) is 10.3. The largest absolute Gasteiger partial charge is 0.270 e. The number of nitrogens with zero attached hydrogens (tertiary/aromatic N) is 5. The van der Waals surface area contributed by atoms with Gasteiger partial charge in [-0.05, 0) is 31.2 Å². The van der Waals surface area contributed by atoms with Gasteiger partial charge in [0.2, 0.25) is 5.82 Å². The van der Waals surface area contributed by atoms with Crippen molar-refractivity contribution in [1.82, 2.24) is 29.6 Å². The molecule has 7 heteroatoms. The Kier molecular flexibility index (Phi) is 4.01. The van der Waals surface area contributed by atoms with Crippen molar-refractivity contribution in [2.75, 3.05) is 0 Å². The minimum Gasteiger partial charge on any atom is -0.267 e. The lowest BCUT2D eigenvalue weighted by atomic mass is 10.1. The molecule has 0 atom stereocenters. The van der Waals surface area contributed by atoms with Gasteiger partial charge < -0.3 is 0 Å². The van der Waals surface area contributed by atoms with E-state index in [1.165, 1.54) is 5.56 Å². The van der Waals surface area contributed by atoms with Crippen LogP contribution in [0.25, 0.3) is 44.9 Å². The summed E-state index contributed by atoms with van der Waals surface area (Å²) in [6, 6.07) is 27.4. The van der Waals surface area contributed by atoms with Gasteiger partial charge in [-0.25, -0.2) is 9.20 Å². The zero-order chi connectivity index (χ0) is 21.7. The number of fused-ring (bicyclic) bond motifs is 3. The monoisotopic (exact) mass is 418 g/mol. The standard InChI is InChI=1S/C25H18N6O/c1-16-11-13-17(14-12-16)21-15-22(30(28-21)18-7-3-2-4-8-18)24-27-26-23-19-9-5-6-10-20(19)25(32)29-31(23)24/h2-15H,1H3,(H,29,32). The van der Waals surface area contributed by atoms with Crippen LogP contribution in [0.1, 0.15) is 5.56 Å². The molecule has 3 heterocycles. The van der Waals surface area contributed by atoms with Gasteiger partial charge in [-0.3, -0.25) is 9.89 Å². The van der Waals surface area contributed by atoms with Gasteiger partial charge in [0.1, 0.15) is 5.69 Å². The van der Waals surface area contributed by atoms with Gasteiger partial charge in [0.15, 0.2) is 5.65 Å². The van der Waals surface area contributed by atoms with Gasteiger partial charge >= 0.3 is 0 Å². The van der Waals surface area contributed by atoms with E-state index in [2.05, 4.69) is 34.4 Å². The molecule has 154 valence electrons. The Bertz CT molecular complexity index is 1640. The third kappa shape index (κ3) is 2.83. The van der Waals surface area contributed by atoms with Crippen molar-refractivity contribution in [2.45, 2.75) is 6.92 Å². The number of para-hydroxylation sites is 1. The third-order valence-corrected chi connectivity index (χ3v) is 5.58. The van der Waals surface area contributed by atoms with Crippen molar-refractivity contribution in [2.24, 2.45) is 0 Å². The summed E-state index contributed by atoms with van der Waals surface area (Å²) in [6.45, 7) is 2.06. The molecule has 0 fully saturated rings. The van der Waals surface area contributed by atoms with Crippen LogP contribution in [0.4, 0.5) is 0 Å². The Morgan fingerprint density at radius 1 is 0.812 bits per heavy atom. The molecule has 0 saturated carbocycles. The lowest BCUT2D eigenvalue weighted by molar-refractivity contribution is 0.856. The molecule has 1 N–H and O–H groups in total. The number of benzene rings is 3. The van der Waals surface area contributed by atoms with E-state index in [0.29, 0.717) is 16.9 Å². The fourth-order valence-corrected chi connectivity index (χ4v) is 3.94. The summed E-state index contributed by atoms with van der Waals surface area (Å²) < 4.78 is 3.47. The second-order valence-corrected chi connectivity index (χ2v) is 7.70. The van der Waals surface area contributed by atoms with Gasteiger partial charge in [-0.1, -0.05) is 66.2 Å². The minimum absolute atomic E-state index is 0.196. The Labute approximate surface area is 182 Å². The highest BCUT2D eigenvalue weighted by Gasteiger charge is 2.20. The van der Waals surface area contributed by atoms with Crippen LogP contribution in [0, 0.1) is 6.92 Å². The Morgan fingerprint density at radius 3 is 2.31 bits per heavy atom. The molecule has 0 saturated heterocycles. The fourth-order valence-electron chi connectivity index (χ4n) is 3.94. The normalized spacial score (nSPS) is 11.4. The first-order chi connectivity index (χ1) is 15.7. The summed E-state index contributed by atoms with van der Waals surface area (Å²) in [6.07, 6.45) is 0. The van der Waals surface area contributed by atoms with Crippen LogP contribution in [0.3, 0.4) is 0 Å². The van der Waals surface area contributed by atoms with Crippen LogP contribution in [-0.4, -0.2) is 29.6 Å². The van der Waals surface area contributed by atoms with E-state index in [4.69, 9.17) is 5.10 Å². The molecule has 3 aromatic heterocycles. The molecule has 0 aliphatic carbocycles. The van der Waals surface area contributed by atoms with Crippen molar-refractivity contribution in [1.29, 1.82) is 0 Å². The molecule has 6 rings (SSSR count). The molecular formula is C25H18N6O. The zero-order valence-electron chi connectivity index (χ0n) is 17.2. The molecule has 0 bridgehead atoms. The highest BCUT2D eigenvalue weighted by atomic mass is 16.1. The first-order valence-corrected chi connectivity index (χ1v) is 10.3. The lowest BCUT2D eigenvalue weighted by Gasteiger charge is -2.06. The molecule has 0 radical (unpaired) electrons. The Balaban J connectivity index is 1.63. The number of nitrogens with one attached hydrogen (secondary N) is 1. The van der Waals surface area contributed by atoms with Crippen LogP contribution in [0.15, 0.2) is 89.7 Å². The summed E-state index contributed by atoms with van der Waals surface area (Å²) in [5.41, 5.74) is 5.00. The second-order valence-electron chi connectivity index (χ2n) is 7.70. The van der Waals surface area contributed by atoms with Crippen molar-refractivity contribution < 1.29 is 0 Å². The van der Waals surface area contributed by atoms with Crippen LogP contribution < -0.4 is 5.56 Å². The molecule has 0 amide bonds. The van der Waals surface area contributed by atoms with Gasteiger partial charge in [0.05, 0.1) is 16.8 Å². The van der Waals surface area contributed by atoms with Gasteiger partial charge in [-0.15, -0.1) is 10.2 Å². The van der Waals surface area contributed by atoms with Gasteiger partial charge in [0, 0.05) is 10.9 Å². The molecule has 0 spiro atoms. The summed E-state index contributed by atoms with van der Waals surface area (Å²) in [5.74, 6) is 0.512. The van der Waals surface area contributed by atoms with Crippen LogP contribution in [0.2, 0.25) is 0 Å². The van der Waals surface area contributed by atoms with Crippen molar-refractivity contribution in [3.63, 3.8) is 0 Å². The number of hydrogen-bond donors (Lipinski definition) is 1. The van der Waals surface area contributed by atoms with Gasteiger partial charge in [0.25, 0.3) is 5.56 Å². The summed E-state index contributed by atoms with van der Waals surface area (Å²) in [5, 5.41) is 18.0.